The van der Waals surface area contributed by atoms with E-state index in [-0.39, 0.29) is 18.1 Å². The van der Waals surface area contributed by atoms with E-state index in [4.69, 9.17) is 11.6 Å². The zero-order chi connectivity index (χ0) is 17.0. The van der Waals surface area contributed by atoms with Crippen LogP contribution < -0.4 is 10.6 Å². The minimum Gasteiger partial charge on any atom is -0.376 e. The predicted octanol–water partition coefficient (Wildman–Crippen LogP) is 4.72. The number of carbonyl (C=O) groups is 1. The monoisotopic (exact) mass is 342 g/mol. The van der Waals surface area contributed by atoms with Gasteiger partial charge in [-0.2, -0.15) is 13.2 Å². The molecular formula is C16H14ClF3N2O. The van der Waals surface area contributed by atoms with Crippen molar-refractivity contribution >= 4 is 28.9 Å². The average molecular weight is 343 g/mol. The van der Waals surface area contributed by atoms with Gasteiger partial charge in [0.25, 0.3) is 0 Å². The highest BCUT2D eigenvalue weighted by atomic mass is 35.5. The molecule has 0 aliphatic heterocycles. The summed E-state index contributed by atoms with van der Waals surface area (Å²) in [7, 11) is 0. The molecule has 122 valence electrons. The Balaban J connectivity index is 1.97. The van der Waals surface area contributed by atoms with Crippen molar-refractivity contribution in [3.63, 3.8) is 0 Å². The van der Waals surface area contributed by atoms with Crippen LogP contribution in [0, 0.1) is 6.92 Å². The Hall–Kier alpha value is -2.21. The van der Waals surface area contributed by atoms with E-state index in [0.717, 1.165) is 17.7 Å². The van der Waals surface area contributed by atoms with Crippen molar-refractivity contribution in [3.8, 4) is 0 Å². The molecule has 2 rings (SSSR count). The van der Waals surface area contributed by atoms with Crippen LogP contribution in [-0.4, -0.2) is 12.5 Å². The lowest BCUT2D eigenvalue weighted by Crippen LogP contribution is -2.22. The molecule has 0 spiro atoms. The minimum atomic E-state index is -4.42. The summed E-state index contributed by atoms with van der Waals surface area (Å²) < 4.78 is 37.8. The van der Waals surface area contributed by atoms with Crippen LogP contribution in [0.5, 0.6) is 0 Å². The zero-order valence-corrected chi connectivity index (χ0v) is 12.9. The van der Waals surface area contributed by atoms with Gasteiger partial charge in [0.1, 0.15) is 0 Å². The minimum absolute atomic E-state index is 0.149. The van der Waals surface area contributed by atoms with Gasteiger partial charge in [-0.1, -0.05) is 17.7 Å². The smallest absolute Gasteiger partial charge is 0.376 e. The van der Waals surface area contributed by atoms with Crippen LogP contribution in [0.3, 0.4) is 0 Å². The molecule has 0 bridgehead atoms. The number of rotatable bonds is 4. The molecule has 1 amide bonds. The van der Waals surface area contributed by atoms with Crippen LogP contribution >= 0.6 is 11.6 Å². The topological polar surface area (TPSA) is 41.1 Å². The first kappa shape index (κ1) is 17.1. The lowest BCUT2D eigenvalue weighted by molar-refractivity contribution is -0.137. The van der Waals surface area contributed by atoms with E-state index in [1.54, 1.807) is 25.1 Å². The van der Waals surface area contributed by atoms with Crippen molar-refractivity contribution in [1.29, 1.82) is 0 Å². The number of alkyl halides is 3. The first-order valence-corrected chi connectivity index (χ1v) is 7.10. The molecule has 0 aliphatic carbocycles. The summed E-state index contributed by atoms with van der Waals surface area (Å²) in [5.41, 5.74) is 0.856. The van der Waals surface area contributed by atoms with E-state index >= 15 is 0 Å². The van der Waals surface area contributed by atoms with Gasteiger partial charge in [0.05, 0.1) is 12.1 Å². The Labute approximate surface area is 136 Å². The number of hydrogen-bond acceptors (Lipinski definition) is 2. The predicted molar refractivity (Wildman–Crippen MR) is 84.8 cm³/mol. The second-order valence-corrected chi connectivity index (χ2v) is 5.38. The summed E-state index contributed by atoms with van der Waals surface area (Å²) in [5, 5.41) is 5.90. The quantitative estimate of drug-likeness (QED) is 0.844. The fraction of sp³-hybridized carbons (Fsp3) is 0.188. The average Bonchev–Trinajstić information content (AvgIpc) is 2.47. The highest BCUT2D eigenvalue weighted by Gasteiger charge is 2.30. The highest BCUT2D eigenvalue weighted by Crippen LogP contribution is 2.30. The van der Waals surface area contributed by atoms with Crippen LogP contribution in [0.2, 0.25) is 5.02 Å². The van der Waals surface area contributed by atoms with Crippen LogP contribution in [0.1, 0.15) is 11.1 Å². The summed E-state index contributed by atoms with van der Waals surface area (Å²) in [6, 6.07) is 9.70. The van der Waals surface area contributed by atoms with E-state index in [1.165, 1.54) is 12.1 Å². The molecule has 0 aromatic heterocycles. The van der Waals surface area contributed by atoms with Gasteiger partial charge in [-0.3, -0.25) is 4.79 Å². The molecule has 0 saturated heterocycles. The summed E-state index contributed by atoms with van der Waals surface area (Å²) in [6.45, 7) is 1.64. The number of hydrogen-bond donors (Lipinski definition) is 2. The number of aryl methyl sites for hydroxylation is 1. The molecule has 23 heavy (non-hydrogen) atoms. The summed E-state index contributed by atoms with van der Waals surface area (Å²) in [4.78, 5) is 11.9. The number of nitrogens with one attached hydrogen (secondary N) is 2. The second kappa shape index (κ2) is 6.91. The van der Waals surface area contributed by atoms with Crippen LogP contribution in [-0.2, 0) is 11.0 Å². The van der Waals surface area contributed by atoms with E-state index in [1.807, 2.05) is 0 Å². The Morgan fingerprint density at radius 3 is 2.57 bits per heavy atom. The van der Waals surface area contributed by atoms with E-state index in [2.05, 4.69) is 10.6 Å². The molecule has 0 aliphatic rings. The van der Waals surface area contributed by atoms with Crippen LogP contribution in [0.15, 0.2) is 42.5 Å². The number of carbonyl (C=O) groups excluding carboxylic acids is 1. The van der Waals surface area contributed by atoms with Crippen molar-refractivity contribution in [2.45, 2.75) is 13.1 Å². The molecule has 0 atom stereocenters. The molecule has 7 heteroatoms. The molecule has 0 heterocycles. The highest BCUT2D eigenvalue weighted by molar-refractivity contribution is 6.30. The number of anilines is 2. The third-order valence-electron chi connectivity index (χ3n) is 3.11. The molecule has 2 aromatic rings. The molecule has 0 fully saturated rings. The van der Waals surface area contributed by atoms with Crippen LogP contribution in [0.4, 0.5) is 24.5 Å². The lowest BCUT2D eigenvalue weighted by Gasteiger charge is -2.12. The van der Waals surface area contributed by atoms with E-state index in [9.17, 15) is 18.0 Å². The third kappa shape index (κ3) is 4.89. The normalized spacial score (nSPS) is 11.2. The molecule has 2 N–H and O–H groups in total. The van der Waals surface area contributed by atoms with Crippen molar-refractivity contribution in [2.24, 2.45) is 0 Å². The van der Waals surface area contributed by atoms with Gasteiger partial charge in [-0.25, -0.2) is 0 Å². The summed E-state index contributed by atoms with van der Waals surface area (Å²) in [5.74, 6) is -0.368. The van der Waals surface area contributed by atoms with Gasteiger partial charge in [0, 0.05) is 16.4 Å². The summed E-state index contributed by atoms with van der Waals surface area (Å²) in [6.07, 6.45) is -4.42. The van der Waals surface area contributed by atoms with Gasteiger partial charge >= 0.3 is 6.18 Å². The van der Waals surface area contributed by atoms with Gasteiger partial charge in [-0.05, 0) is 48.9 Å². The Morgan fingerprint density at radius 1 is 1.17 bits per heavy atom. The van der Waals surface area contributed by atoms with Gasteiger partial charge in [0.15, 0.2) is 0 Å². The molecule has 2 aromatic carbocycles. The molecular weight excluding hydrogens is 329 g/mol. The fourth-order valence-electron chi connectivity index (χ4n) is 1.95. The molecule has 3 nitrogen and oxygen atoms in total. The standard InChI is InChI=1S/C16H14ClF3N2O/c1-10-7-12(17)5-6-14(10)22-15(23)9-21-13-4-2-3-11(8-13)16(18,19)20/h2-8,21H,9H2,1H3,(H,22,23). The number of halogens is 4. The van der Waals surface area contributed by atoms with Crippen molar-refractivity contribution < 1.29 is 18.0 Å². The maximum absolute atomic E-state index is 12.6. The summed E-state index contributed by atoms with van der Waals surface area (Å²) >= 11 is 5.83. The SMILES string of the molecule is Cc1cc(Cl)ccc1NC(=O)CNc1cccc(C(F)(F)F)c1. The Bertz CT molecular complexity index is 717. The second-order valence-electron chi connectivity index (χ2n) is 4.94. The maximum Gasteiger partial charge on any atom is 0.416 e. The maximum atomic E-state index is 12.6. The Morgan fingerprint density at radius 2 is 1.91 bits per heavy atom. The van der Waals surface area contributed by atoms with Crippen molar-refractivity contribution in [1.82, 2.24) is 0 Å². The molecule has 0 unspecified atom stereocenters. The number of benzene rings is 2. The lowest BCUT2D eigenvalue weighted by atomic mass is 10.2. The van der Waals surface area contributed by atoms with Crippen molar-refractivity contribution in [3.05, 3.63) is 58.6 Å². The Kier molecular flexibility index (Phi) is 5.15. The van der Waals surface area contributed by atoms with E-state index < -0.39 is 11.7 Å². The largest absolute Gasteiger partial charge is 0.416 e. The van der Waals surface area contributed by atoms with E-state index in [0.29, 0.717) is 10.7 Å². The first-order valence-electron chi connectivity index (χ1n) is 6.73. The van der Waals surface area contributed by atoms with Gasteiger partial charge in [0.2, 0.25) is 5.91 Å². The zero-order valence-electron chi connectivity index (χ0n) is 12.2. The molecule has 0 radical (unpaired) electrons. The number of amides is 1. The van der Waals surface area contributed by atoms with Gasteiger partial charge < -0.3 is 10.6 Å². The first-order chi connectivity index (χ1) is 10.8. The molecule has 0 saturated carbocycles. The van der Waals surface area contributed by atoms with Gasteiger partial charge in [-0.15, -0.1) is 0 Å². The fourth-order valence-corrected chi connectivity index (χ4v) is 2.18. The van der Waals surface area contributed by atoms with Crippen molar-refractivity contribution in [2.75, 3.05) is 17.2 Å². The van der Waals surface area contributed by atoms with Crippen LogP contribution in [0.25, 0.3) is 0 Å². The third-order valence-corrected chi connectivity index (χ3v) is 3.34.